The smallest absolute Gasteiger partial charge is 0.230 e. The number of hydrogen-bond donors (Lipinski definition) is 2. The van der Waals surface area contributed by atoms with Crippen molar-refractivity contribution in [1.82, 2.24) is 4.98 Å². The summed E-state index contributed by atoms with van der Waals surface area (Å²) in [6.07, 6.45) is 1.56. The van der Waals surface area contributed by atoms with Crippen LogP contribution in [0.5, 0.6) is 11.6 Å². The molecule has 1 heterocycles. The van der Waals surface area contributed by atoms with Gasteiger partial charge in [0.1, 0.15) is 11.6 Å². The Labute approximate surface area is 130 Å². The first kappa shape index (κ1) is 14.9. The third-order valence-corrected chi connectivity index (χ3v) is 3.59. The van der Waals surface area contributed by atoms with Crippen molar-refractivity contribution in [3.63, 3.8) is 0 Å². The van der Waals surface area contributed by atoms with E-state index in [4.69, 9.17) is 50.7 Å². The fourth-order valence-corrected chi connectivity index (χ4v) is 2.20. The average Bonchev–Trinajstić information content (AvgIpc) is 2.35. The minimum atomic E-state index is -0.137. The van der Waals surface area contributed by atoms with Gasteiger partial charge in [-0.1, -0.05) is 34.8 Å². The van der Waals surface area contributed by atoms with E-state index in [1.54, 1.807) is 12.3 Å². The van der Waals surface area contributed by atoms with Crippen molar-refractivity contribution >= 4 is 40.6 Å². The first-order valence-corrected chi connectivity index (χ1v) is 6.66. The van der Waals surface area contributed by atoms with E-state index in [0.29, 0.717) is 21.4 Å². The van der Waals surface area contributed by atoms with E-state index in [9.17, 15) is 0 Å². The number of halogens is 3. The van der Waals surface area contributed by atoms with E-state index in [1.165, 1.54) is 12.1 Å². The summed E-state index contributed by atoms with van der Waals surface area (Å²) in [6, 6.07) is 4.70. The van der Waals surface area contributed by atoms with Gasteiger partial charge in [0.25, 0.3) is 0 Å². The van der Waals surface area contributed by atoms with Gasteiger partial charge >= 0.3 is 0 Å². The van der Waals surface area contributed by atoms with Crippen molar-refractivity contribution in [3.8, 4) is 11.6 Å². The van der Waals surface area contributed by atoms with Gasteiger partial charge in [-0.15, -0.1) is 0 Å². The van der Waals surface area contributed by atoms with Gasteiger partial charge in [0.05, 0.1) is 20.6 Å². The topological polar surface area (TPSA) is 72.0 Å². The number of amidine groups is 1. The number of aromatic nitrogens is 1. The highest BCUT2D eigenvalue weighted by atomic mass is 35.5. The van der Waals surface area contributed by atoms with Crippen molar-refractivity contribution in [2.24, 2.45) is 5.73 Å². The minimum Gasteiger partial charge on any atom is -0.437 e. The molecule has 0 spiro atoms. The standard InChI is InChI=1S/C13H10Cl3N3O/c1-6-2-3-19-13(11(6)12(17)18)20-10-5-8(15)7(14)4-9(10)16/h2-5H,1H3,(H3,17,18). The molecule has 0 radical (unpaired) electrons. The molecule has 0 aliphatic carbocycles. The van der Waals surface area contributed by atoms with E-state index in [0.717, 1.165) is 5.56 Å². The average molecular weight is 331 g/mol. The number of nitrogens with two attached hydrogens (primary N) is 1. The molecular weight excluding hydrogens is 321 g/mol. The van der Waals surface area contributed by atoms with Crippen LogP contribution < -0.4 is 10.5 Å². The largest absolute Gasteiger partial charge is 0.437 e. The Morgan fingerprint density at radius 1 is 1.20 bits per heavy atom. The Morgan fingerprint density at radius 3 is 2.50 bits per heavy atom. The van der Waals surface area contributed by atoms with Crippen LogP contribution in [0.1, 0.15) is 11.1 Å². The van der Waals surface area contributed by atoms with Crippen LogP contribution in [0.4, 0.5) is 0 Å². The lowest BCUT2D eigenvalue weighted by Crippen LogP contribution is -2.14. The summed E-state index contributed by atoms with van der Waals surface area (Å²) in [5.74, 6) is 0.348. The van der Waals surface area contributed by atoms with Crippen molar-refractivity contribution < 1.29 is 4.74 Å². The zero-order chi connectivity index (χ0) is 14.9. The summed E-state index contributed by atoms with van der Waals surface area (Å²) in [7, 11) is 0. The molecule has 3 N–H and O–H groups in total. The number of nitrogens with one attached hydrogen (secondary N) is 1. The fraction of sp³-hybridized carbons (Fsp3) is 0.0769. The maximum absolute atomic E-state index is 7.59. The number of pyridine rings is 1. The number of rotatable bonds is 3. The number of hydrogen-bond acceptors (Lipinski definition) is 3. The van der Waals surface area contributed by atoms with Crippen LogP contribution >= 0.6 is 34.8 Å². The molecule has 0 saturated heterocycles. The van der Waals surface area contributed by atoms with Gasteiger partial charge in [0.2, 0.25) is 5.88 Å². The molecule has 0 saturated carbocycles. The second-order valence-electron chi connectivity index (χ2n) is 4.02. The molecule has 2 rings (SSSR count). The Kier molecular flexibility index (Phi) is 4.38. The first-order chi connectivity index (χ1) is 9.40. The van der Waals surface area contributed by atoms with Gasteiger partial charge in [-0.3, -0.25) is 5.41 Å². The van der Waals surface area contributed by atoms with Crippen molar-refractivity contribution in [1.29, 1.82) is 5.41 Å². The van der Waals surface area contributed by atoms with E-state index in [-0.39, 0.29) is 16.7 Å². The van der Waals surface area contributed by atoms with E-state index in [1.807, 2.05) is 6.92 Å². The molecule has 0 fully saturated rings. The van der Waals surface area contributed by atoms with Gasteiger partial charge in [-0.05, 0) is 24.6 Å². The van der Waals surface area contributed by atoms with Crippen molar-refractivity contribution in [2.75, 3.05) is 0 Å². The zero-order valence-electron chi connectivity index (χ0n) is 10.4. The molecule has 7 heteroatoms. The normalized spacial score (nSPS) is 10.4. The van der Waals surface area contributed by atoms with Crippen molar-refractivity contribution in [3.05, 3.63) is 50.6 Å². The Hall–Kier alpha value is -1.49. The molecule has 4 nitrogen and oxygen atoms in total. The number of nitrogen functional groups attached to an aromatic ring is 1. The summed E-state index contributed by atoms with van der Waals surface area (Å²) in [5.41, 5.74) is 6.73. The molecule has 0 amide bonds. The Morgan fingerprint density at radius 2 is 1.85 bits per heavy atom. The predicted octanol–water partition coefficient (Wildman–Crippen LogP) is 4.43. The molecule has 1 aromatic carbocycles. The molecule has 0 unspecified atom stereocenters. The van der Waals surface area contributed by atoms with E-state index in [2.05, 4.69) is 4.98 Å². The SMILES string of the molecule is Cc1ccnc(Oc2cc(Cl)c(Cl)cc2Cl)c1C(=N)N. The molecule has 2 aromatic rings. The Balaban J connectivity index is 2.48. The molecule has 104 valence electrons. The Bertz CT molecular complexity index is 689. The summed E-state index contributed by atoms with van der Waals surface area (Å²) in [4.78, 5) is 4.07. The molecule has 20 heavy (non-hydrogen) atoms. The van der Waals surface area contributed by atoms with Crippen molar-refractivity contribution in [2.45, 2.75) is 6.92 Å². The lowest BCUT2D eigenvalue weighted by molar-refractivity contribution is 0.461. The molecular formula is C13H10Cl3N3O. The molecule has 0 atom stereocenters. The van der Waals surface area contributed by atoms with Crippen LogP contribution in [0.2, 0.25) is 15.1 Å². The minimum absolute atomic E-state index is 0.137. The maximum atomic E-state index is 7.59. The van der Waals surface area contributed by atoms with Gasteiger partial charge < -0.3 is 10.5 Å². The molecule has 1 aromatic heterocycles. The van der Waals surface area contributed by atoms with Gasteiger partial charge in [0, 0.05) is 12.3 Å². The molecule has 0 aliphatic heterocycles. The van der Waals surface area contributed by atoms with Crippen LogP contribution in [-0.4, -0.2) is 10.8 Å². The fourth-order valence-electron chi connectivity index (χ4n) is 1.63. The highest BCUT2D eigenvalue weighted by molar-refractivity contribution is 6.43. The number of aryl methyl sites for hydroxylation is 1. The second-order valence-corrected chi connectivity index (χ2v) is 5.24. The third-order valence-electron chi connectivity index (χ3n) is 2.58. The molecule has 0 bridgehead atoms. The zero-order valence-corrected chi connectivity index (χ0v) is 12.6. The van der Waals surface area contributed by atoms with Crippen LogP contribution in [0.15, 0.2) is 24.4 Å². The summed E-state index contributed by atoms with van der Waals surface area (Å²) in [5, 5.41) is 8.51. The first-order valence-electron chi connectivity index (χ1n) is 5.52. The highest BCUT2D eigenvalue weighted by Crippen LogP contribution is 2.36. The van der Waals surface area contributed by atoms with E-state index >= 15 is 0 Å². The quantitative estimate of drug-likeness (QED) is 0.497. The number of nitrogens with zero attached hydrogens (tertiary/aromatic N) is 1. The maximum Gasteiger partial charge on any atom is 0.230 e. The summed E-state index contributed by atoms with van der Waals surface area (Å²) in [6.45, 7) is 1.81. The van der Waals surface area contributed by atoms with Crippen LogP contribution in [0.3, 0.4) is 0 Å². The lowest BCUT2D eigenvalue weighted by Gasteiger charge is -2.12. The summed E-state index contributed by atoms with van der Waals surface area (Å²) < 4.78 is 5.61. The predicted molar refractivity (Wildman–Crippen MR) is 81.5 cm³/mol. The highest BCUT2D eigenvalue weighted by Gasteiger charge is 2.15. The number of ether oxygens (including phenoxy) is 1. The van der Waals surface area contributed by atoms with Gasteiger partial charge in [-0.2, -0.15) is 0 Å². The van der Waals surface area contributed by atoms with Crippen LogP contribution in [0, 0.1) is 12.3 Å². The lowest BCUT2D eigenvalue weighted by atomic mass is 10.1. The van der Waals surface area contributed by atoms with Crippen LogP contribution in [0.25, 0.3) is 0 Å². The third kappa shape index (κ3) is 2.98. The van der Waals surface area contributed by atoms with Crippen LogP contribution in [-0.2, 0) is 0 Å². The monoisotopic (exact) mass is 329 g/mol. The van der Waals surface area contributed by atoms with Gasteiger partial charge in [-0.25, -0.2) is 4.98 Å². The van der Waals surface area contributed by atoms with Gasteiger partial charge in [0.15, 0.2) is 0 Å². The van der Waals surface area contributed by atoms with E-state index < -0.39 is 0 Å². The molecule has 0 aliphatic rings. The second kappa shape index (κ2) is 5.87. The number of benzene rings is 1. The summed E-state index contributed by atoms with van der Waals surface area (Å²) >= 11 is 17.8.